The molecule has 2 fully saturated rings. The summed E-state index contributed by atoms with van der Waals surface area (Å²) >= 11 is 0. The summed E-state index contributed by atoms with van der Waals surface area (Å²) in [5, 5.41) is 6.82. The van der Waals surface area contributed by atoms with Crippen LogP contribution in [-0.4, -0.2) is 45.7 Å². The number of H-pyrrole nitrogens is 1. The van der Waals surface area contributed by atoms with Crippen molar-refractivity contribution in [2.24, 2.45) is 11.3 Å². The molecule has 6 heteroatoms. The smallest absolute Gasteiger partial charge is 0.219 e. The number of hydrogen-bond donors (Lipinski definition) is 1. The molecular weight excluding hydrogens is 292 g/mol. The molecule has 4 rings (SSSR count). The van der Waals surface area contributed by atoms with E-state index in [0.717, 1.165) is 49.7 Å². The SMILES string of the molecule is CC(=O)N1CC2(CC(COc3ccc(-c4ccn[nH]4)nc3)C2)C1. The minimum Gasteiger partial charge on any atom is -0.492 e. The number of carbonyl (C=O) groups is 1. The third-order valence-corrected chi connectivity index (χ3v) is 4.94. The number of likely N-dealkylation sites (tertiary alicyclic amines) is 1. The van der Waals surface area contributed by atoms with Crippen molar-refractivity contribution in [2.75, 3.05) is 19.7 Å². The topological polar surface area (TPSA) is 71.1 Å². The minimum atomic E-state index is 0.193. The predicted molar refractivity (Wildman–Crippen MR) is 84.7 cm³/mol. The Balaban J connectivity index is 1.24. The van der Waals surface area contributed by atoms with Gasteiger partial charge in [-0.2, -0.15) is 5.10 Å². The lowest BCUT2D eigenvalue weighted by Crippen LogP contribution is -2.63. The van der Waals surface area contributed by atoms with Crippen LogP contribution in [0.15, 0.2) is 30.6 Å². The quantitative estimate of drug-likeness (QED) is 0.938. The molecule has 2 aliphatic rings. The maximum atomic E-state index is 11.2. The number of pyridine rings is 1. The van der Waals surface area contributed by atoms with Crippen molar-refractivity contribution in [1.29, 1.82) is 0 Å². The van der Waals surface area contributed by atoms with Crippen molar-refractivity contribution < 1.29 is 9.53 Å². The van der Waals surface area contributed by atoms with Gasteiger partial charge in [-0.3, -0.25) is 14.9 Å². The summed E-state index contributed by atoms with van der Waals surface area (Å²) in [5.74, 6) is 1.59. The first kappa shape index (κ1) is 14.2. The van der Waals surface area contributed by atoms with Crippen molar-refractivity contribution in [3.05, 3.63) is 30.6 Å². The first-order valence-electron chi connectivity index (χ1n) is 7.98. The fourth-order valence-corrected chi connectivity index (χ4v) is 3.76. The van der Waals surface area contributed by atoms with Gasteiger partial charge in [0.2, 0.25) is 5.91 Å². The van der Waals surface area contributed by atoms with Crippen molar-refractivity contribution in [3.8, 4) is 17.1 Å². The summed E-state index contributed by atoms with van der Waals surface area (Å²) in [6.45, 7) is 4.23. The Bertz CT molecular complexity index is 682. The van der Waals surface area contributed by atoms with Crippen molar-refractivity contribution >= 4 is 5.91 Å². The second-order valence-electron chi connectivity index (χ2n) is 6.81. The Morgan fingerprint density at radius 1 is 1.39 bits per heavy atom. The molecule has 1 amide bonds. The van der Waals surface area contributed by atoms with Crippen LogP contribution in [0, 0.1) is 11.3 Å². The summed E-state index contributed by atoms with van der Waals surface area (Å²) in [5.41, 5.74) is 2.15. The van der Waals surface area contributed by atoms with E-state index in [4.69, 9.17) is 4.74 Å². The van der Waals surface area contributed by atoms with Gasteiger partial charge in [0.15, 0.2) is 0 Å². The number of carbonyl (C=O) groups excluding carboxylic acids is 1. The number of amides is 1. The number of hydrogen-bond acceptors (Lipinski definition) is 4. The van der Waals surface area contributed by atoms with E-state index >= 15 is 0 Å². The molecule has 120 valence electrons. The Morgan fingerprint density at radius 2 is 2.22 bits per heavy atom. The number of ether oxygens (including phenoxy) is 1. The molecule has 1 N–H and O–H groups in total. The summed E-state index contributed by atoms with van der Waals surface area (Å²) in [6.07, 6.45) is 5.79. The zero-order valence-corrected chi connectivity index (χ0v) is 13.2. The lowest BCUT2D eigenvalue weighted by atomic mass is 9.58. The van der Waals surface area contributed by atoms with Gasteiger partial charge in [0.05, 0.1) is 24.2 Å². The van der Waals surface area contributed by atoms with Gasteiger partial charge in [-0.25, -0.2) is 0 Å². The van der Waals surface area contributed by atoms with Crippen LogP contribution in [0.25, 0.3) is 11.4 Å². The van der Waals surface area contributed by atoms with E-state index in [1.54, 1.807) is 19.3 Å². The van der Waals surface area contributed by atoms with E-state index < -0.39 is 0 Å². The Labute approximate surface area is 134 Å². The molecule has 1 saturated carbocycles. The number of nitrogens with one attached hydrogen (secondary N) is 1. The zero-order chi connectivity index (χ0) is 15.9. The van der Waals surface area contributed by atoms with Gasteiger partial charge in [0.25, 0.3) is 0 Å². The molecule has 6 nitrogen and oxygen atoms in total. The lowest BCUT2D eigenvalue weighted by molar-refractivity contribution is -0.154. The second kappa shape index (κ2) is 5.37. The van der Waals surface area contributed by atoms with Gasteiger partial charge in [-0.1, -0.05) is 0 Å². The molecule has 3 heterocycles. The average Bonchev–Trinajstić information content (AvgIpc) is 2.98. The van der Waals surface area contributed by atoms with Gasteiger partial charge >= 0.3 is 0 Å². The standard InChI is InChI=1S/C17H20N4O2/c1-12(22)21-10-17(11-21)6-13(7-17)9-23-14-2-3-15(18-8-14)16-4-5-19-20-16/h2-5,8,13H,6-7,9-11H2,1H3,(H,19,20). The van der Waals surface area contributed by atoms with Crippen molar-refractivity contribution in [3.63, 3.8) is 0 Å². The highest BCUT2D eigenvalue weighted by Crippen LogP contribution is 2.51. The number of aromatic amines is 1. The fourth-order valence-electron chi connectivity index (χ4n) is 3.76. The minimum absolute atomic E-state index is 0.193. The van der Waals surface area contributed by atoms with Crippen LogP contribution in [-0.2, 0) is 4.79 Å². The van der Waals surface area contributed by atoms with Crippen LogP contribution in [0.1, 0.15) is 19.8 Å². The monoisotopic (exact) mass is 312 g/mol. The zero-order valence-electron chi connectivity index (χ0n) is 13.2. The molecule has 1 spiro atoms. The summed E-state index contributed by atoms with van der Waals surface area (Å²) in [6, 6.07) is 5.76. The van der Waals surface area contributed by atoms with Gasteiger partial charge in [-0.15, -0.1) is 0 Å². The maximum absolute atomic E-state index is 11.2. The molecule has 23 heavy (non-hydrogen) atoms. The van der Waals surface area contributed by atoms with Gasteiger partial charge in [0.1, 0.15) is 5.75 Å². The van der Waals surface area contributed by atoms with E-state index in [1.807, 2.05) is 23.1 Å². The Hall–Kier alpha value is -2.37. The van der Waals surface area contributed by atoms with Crippen LogP contribution in [0.4, 0.5) is 0 Å². The summed E-state index contributed by atoms with van der Waals surface area (Å²) in [7, 11) is 0. The molecule has 1 aliphatic heterocycles. The van der Waals surface area contributed by atoms with Gasteiger partial charge < -0.3 is 9.64 Å². The van der Waals surface area contributed by atoms with Crippen LogP contribution in [0.5, 0.6) is 5.75 Å². The lowest BCUT2D eigenvalue weighted by Gasteiger charge is -2.58. The van der Waals surface area contributed by atoms with Gasteiger partial charge in [0, 0.05) is 31.6 Å². The van der Waals surface area contributed by atoms with E-state index in [1.165, 1.54) is 0 Å². The first-order valence-corrected chi connectivity index (χ1v) is 7.98. The number of rotatable bonds is 4. The third-order valence-electron chi connectivity index (χ3n) is 4.94. The van der Waals surface area contributed by atoms with E-state index in [9.17, 15) is 4.79 Å². The fraction of sp³-hybridized carbons (Fsp3) is 0.471. The largest absolute Gasteiger partial charge is 0.492 e. The molecule has 0 unspecified atom stereocenters. The maximum Gasteiger partial charge on any atom is 0.219 e. The van der Waals surface area contributed by atoms with Crippen LogP contribution < -0.4 is 4.74 Å². The average molecular weight is 312 g/mol. The number of aromatic nitrogens is 3. The molecule has 0 bridgehead atoms. The molecule has 1 saturated heterocycles. The highest BCUT2D eigenvalue weighted by Gasteiger charge is 2.53. The summed E-state index contributed by atoms with van der Waals surface area (Å²) in [4.78, 5) is 17.6. The van der Waals surface area contributed by atoms with Crippen molar-refractivity contribution in [1.82, 2.24) is 20.1 Å². The highest BCUT2D eigenvalue weighted by atomic mass is 16.5. The molecule has 2 aromatic rings. The molecule has 0 aromatic carbocycles. The van der Waals surface area contributed by atoms with Crippen LogP contribution in [0.3, 0.4) is 0 Å². The molecular formula is C17H20N4O2. The normalized spacial score (nSPS) is 19.3. The Morgan fingerprint density at radius 3 is 2.83 bits per heavy atom. The van der Waals surface area contributed by atoms with E-state index in [-0.39, 0.29) is 5.91 Å². The first-order chi connectivity index (χ1) is 11.1. The highest BCUT2D eigenvalue weighted by molar-refractivity contribution is 5.74. The Kier molecular flexibility index (Phi) is 3.32. The van der Waals surface area contributed by atoms with Crippen molar-refractivity contribution in [2.45, 2.75) is 19.8 Å². The molecule has 0 radical (unpaired) electrons. The summed E-state index contributed by atoms with van der Waals surface area (Å²) < 4.78 is 5.85. The molecule has 2 aromatic heterocycles. The van der Waals surface area contributed by atoms with E-state index in [2.05, 4.69) is 15.2 Å². The second-order valence-corrected chi connectivity index (χ2v) is 6.81. The van der Waals surface area contributed by atoms with Crippen LogP contribution >= 0.6 is 0 Å². The van der Waals surface area contributed by atoms with Gasteiger partial charge in [-0.05, 0) is 37.0 Å². The predicted octanol–water partition coefficient (Wildman–Crippen LogP) is 2.11. The number of nitrogens with zero attached hydrogens (tertiary/aromatic N) is 3. The molecule has 0 atom stereocenters. The molecule has 1 aliphatic carbocycles. The third kappa shape index (κ3) is 2.69. The van der Waals surface area contributed by atoms with E-state index in [0.29, 0.717) is 11.3 Å². The van der Waals surface area contributed by atoms with Crippen LogP contribution in [0.2, 0.25) is 0 Å².